The minimum Gasteiger partial charge on any atom is -0.318 e. The molecule has 2 heterocycles. The third kappa shape index (κ3) is 2.12. The summed E-state index contributed by atoms with van der Waals surface area (Å²) in [6.07, 6.45) is 3.72. The number of hydrogen-bond acceptors (Lipinski definition) is 2. The predicted molar refractivity (Wildman–Crippen MR) is 81.0 cm³/mol. The Labute approximate surface area is 120 Å². The molecule has 18 heavy (non-hydrogen) atoms. The number of aryl methyl sites for hydroxylation is 3. The molecule has 0 aromatic carbocycles. The summed E-state index contributed by atoms with van der Waals surface area (Å²) in [7, 11) is 0. The maximum absolute atomic E-state index is 3.67. The largest absolute Gasteiger partial charge is 0.318 e. The zero-order valence-electron chi connectivity index (χ0n) is 10.7. The van der Waals surface area contributed by atoms with Crippen LogP contribution in [-0.2, 0) is 6.42 Å². The lowest BCUT2D eigenvalue weighted by atomic mass is 9.95. The molecule has 1 unspecified atom stereocenters. The molecule has 0 bridgehead atoms. The molecule has 0 aliphatic heterocycles. The second kappa shape index (κ2) is 4.74. The van der Waals surface area contributed by atoms with Gasteiger partial charge in [0.05, 0.1) is 9.83 Å². The van der Waals surface area contributed by atoms with Crippen molar-refractivity contribution in [2.24, 2.45) is 0 Å². The lowest BCUT2D eigenvalue weighted by Gasteiger charge is -2.26. The van der Waals surface area contributed by atoms with Gasteiger partial charge >= 0.3 is 0 Å². The van der Waals surface area contributed by atoms with Gasteiger partial charge in [-0.3, -0.25) is 4.68 Å². The third-order valence-corrected chi connectivity index (χ3v) is 5.35. The molecule has 0 amide bonds. The lowest BCUT2D eigenvalue weighted by Crippen LogP contribution is -2.25. The smallest absolute Gasteiger partial charge is 0.0705 e. The molecule has 2 nitrogen and oxygen atoms in total. The third-order valence-electron chi connectivity index (χ3n) is 3.64. The number of halogens is 1. The van der Waals surface area contributed by atoms with Crippen molar-refractivity contribution in [3.63, 3.8) is 0 Å². The van der Waals surface area contributed by atoms with Crippen LogP contribution in [-0.4, -0.2) is 4.68 Å². The maximum Gasteiger partial charge on any atom is 0.0705 e. The molecule has 3 rings (SSSR count). The molecule has 0 saturated carbocycles. The molecule has 2 aromatic heterocycles. The van der Waals surface area contributed by atoms with Crippen molar-refractivity contribution in [1.82, 2.24) is 4.68 Å². The Morgan fingerprint density at radius 2 is 2.06 bits per heavy atom. The Balaban J connectivity index is 1.91. The van der Waals surface area contributed by atoms with Crippen LogP contribution in [0.1, 0.15) is 40.7 Å². The first-order valence-electron chi connectivity index (χ1n) is 6.35. The highest BCUT2D eigenvalue weighted by Crippen LogP contribution is 2.38. The zero-order valence-corrected chi connectivity index (χ0v) is 13.1. The van der Waals surface area contributed by atoms with Crippen molar-refractivity contribution in [1.29, 1.82) is 0 Å². The molecule has 1 atom stereocenters. The fraction of sp³-hybridized carbons (Fsp3) is 0.429. The van der Waals surface area contributed by atoms with Gasteiger partial charge in [0.2, 0.25) is 0 Å². The number of rotatable bonds is 2. The highest BCUT2D eigenvalue weighted by Gasteiger charge is 2.23. The fourth-order valence-electron chi connectivity index (χ4n) is 2.68. The van der Waals surface area contributed by atoms with Crippen LogP contribution >= 0.6 is 27.3 Å². The van der Waals surface area contributed by atoms with E-state index in [-0.39, 0.29) is 0 Å². The van der Waals surface area contributed by atoms with E-state index in [0.29, 0.717) is 6.04 Å². The minimum atomic E-state index is 0.445. The van der Waals surface area contributed by atoms with Crippen molar-refractivity contribution in [3.05, 3.63) is 43.8 Å². The topological polar surface area (TPSA) is 17.0 Å². The molecule has 1 aliphatic carbocycles. The van der Waals surface area contributed by atoms with Gasteiger partial charge in [-0.25, -0.2) is 0 Å². The number of hydrogen-bond donors (Lipinski definition) is 1. The molecule has 1 N–H and O–H groups in total. The van der Waals surface area contributed by atoms with Crippen LogP contribution in [0.3, 0.4) is 0 Å². The molecule has 0 radical (unpaired) electrons. The zero-order chi connectivity index (χ0) is 12.7. The predicted octanol–water partition coefficient (Wildman–Crippen LogP) is 4.55. The van der Waals surface area contributed by atoms with Crippen LogP contribution in [0.4, 0.5) is 0 Å². The molecule has 4 heteroatoms. The Kier molecular flexibility index (Phi) is 3.24. The molecule has 96 valence electrons. The van der Waals surface area contributed by atoms with Gasteiger partial charge in [-0.2, -0.15) is 0 Å². The quantitative estimate of drug-likeness (QED) is 0.857. The van der Waals surface area contributed by atoms with Crippen LogP contribution < -0.4 is 5.43 Å². The second-order valence-electron chi connectivity index (χ2n) is 4.95. The summed E-state index contributed by atoms with van der Waals surface area (Å²) in [6.45, 7) is 4.29. The highest BCUT2D eigenvalue weighted by atomic mass is 79.9. The van der Waals surface area contributed by atoms with Crippen molar-refractivity contribution in [2.75, 3.05) is 5.43 Å². The van der Waals surface area contributed by atoms with E-state index in [0.717, 1.165) is 0 Å². The van der Waals surface area contributed by atoms with Gasteiger partial charge < -0.3 is 5.43 Å². The normalized spacial score (nSPS) is 18.7. The van der Waals surface area contributed by atoms with E-state index in [4.69, 9.17) is 0 Å². The average Bonchev–Trinajstić information content (AvgIpc) is 2.86. The number of thiophene rings is 1. The van der Waals surface area contributed by atoms with E-state index >= 15 is 0 Å². The Hall–Kier alpha value is -0.740. The minimum absolute atomic E-state index is 0.445. The Morgan fingerprint density at radius 3 is 2.78 bits per heavy atom. The fourth-order valence-corrected chi connectivity index (χ4v) is 4.50. The van der Waals surface area contributed by atoms with Crippen molar-refractivity contribution < 1.29 is 0 Å². The number of fused-ring (bicyclic) bond motifs is 1. The summed E-state index contributed by atoms with van der Waals surface area (Å²) in [5.41, 5.74) is 7.69. The van der Waals surface area contributed by atoms with Crippen LogP contribution in [0.5, 0.6) is 0 Å². The molecule has 1 aliphatic rings. The maximum atomic E-state index is 3.67. The van der Waals surface area contributed by atoms with Gasteiger partial charge in [-0.05, 0) is 72.8 Å². The van der Waals surface area contributed by atoms with Crippen LogP contribution in [0.25, 0.3) is 0 Å². The van der Waals surface area contributed by atoms with Crippen molar-refractivity contribution in [2.45, 2.75) is 39.2 Å². The van der Waals surface area contributed by atoms with E-state index in [1.165, 1.54) is 44.9 Å². The second-order valence-corrected chi connectivity index (χ2v) is 7.47. The van der Waals surface area contributed by atoms with E-state index < -0.39 is 0 Å². The first-order chi connectivity index (χ1) is 8.65. The molecule has 0 saturated heterocycles. The number of aromatic nitrogens is 1. The summed E-state index contributed by atoms with van der Waals surface area (Å²) < 4.78 is 3.47. The molecular weight excluding hydrogens is 308 g/mol. The SMILES string of the molecule is Cc1ccc(C)n1NC1CCCc2sc(Br)cc21. The number of nitrogens with zero attached hydrogens (tertiary/aromatic N) is 1. The first-order valence-corrected chi connectivity index (χ1v) is 7.95. The molecule has 0 fully saturated rings. The summed E-state index contributed by atoms with van der Waals surface area (Å²) >= 11 is 5.49. The van der Waals surface area contributed by atoms with E-state index in [1.807, 2.05) is 11.3 Å². The highest BCUT2D eigenvalue weighted by molar-refractivity contribution is 9.11. The van der Waals surface area contributed by atoms with E-state index in [1.54, 1.807) is 0 Å². The Bertz CT molecular complexity index is 551. The molecule has 0 spiro atoms. The van der Waals surface area contributed by atoms with Crippen molar-refractivity contribution >= 4 is 27.3 Å². The van der Waals surface area contributed by atoms with Gasteiger partial charge in [0, 0.05) is 16.3 Å². The summed E-state index contributed by atoms with van der Waals surface area (Å²) in [6, 6.07) is 7.05. The molecule has 2 aromatic rings. The standard InChI is InChI=1S/C14H17BrN2S/c1-9-6-7-10(2)17(9)16-12-4-3-5-13-11(12)8-14(15)18-13/h6-8,12,16H,3-5H2,1-2H3. The average molecular weight is 325 g/mol. The monoisotopic (exact) mass is 324 g/mol. The van der Waals surface area contributed by atoms with Gasteiger partial charge in [0.15, 0.2) is 0 Å². The lowest BCUT2D eigenvalue weighted by molar-refractivity contribution is 0.554. The van der Waals surface area contributed by atoms with Crippen molar-refractivity contribution in [3.8, 4) is 0 Å². The van der Waals surface area contributed by atoms with Gasteiger partial charge in [-0.15, -0.1) is 11.3 Å². The first kappa shape index (κ1) is 12.3. The van der Waals surface area contributed by atoms with Gasteiger partial charge in [0.1, 0.15) is 0 Å². The summed E-state index contributed by atoms with van der Waals surface area (Å²) in [5.74, 6) is 0. The molecular formula is C14H17BrN2S. The summed E-state index contributed by atoms with van der Waals surface area (Å²) in [5, 5.41) is 0. The van der Waals surface area contributed by atoms with E-state index in [9.17, 15) is 0 Å². The van der Waals surface area contributed by atoms with Crippen LogP contribution in [0.15, 0.2) is 22.0 Å². The van der Waals surface area contributed by atoms with Gasteiger partial charge in [-0.1, -0.05) is 0 Å². The summed E-state index contributed by atoms with van der Waals surface area (Å²) in [4.78, 5) is 1.54. The van der Waals surface area contributed by atoms with E-state index in [2.05, 4.69) is 58.1 Å². The van der Waals surface area contributed by atoms with Crippen LogP contribution in [0.2, 0.25) is 0 Å². The Morgan fingerprint density at radius 1 is 1.33 bits per heavy atom. The van der Waals surface area contributed by atoms with Crippen LogP contribution in [0, 0.1) is 13.8 Å². The van der Waals surface area contributed by atoms with Gasteiger partial charge in [0.25, 0.3) is 0 Å². The number of nitrogens with one attached hydrogen (secondary N) is 1.